The van der Waals surface area contributed by atoms with Crippen LogP contribution in [0.3, 0.4) is 0 Å². The minimum absolute atomic E-state index is 0.0395. The molecule has 0 aromatic carbocycles. The number of quaternary nitrogens is 1. The molecule has 0 bridgehead atoms. The van der Waals surface area contributed by atoms with Crippen LogP contribution in [0, 0.1) is 0 Å². The van der Waals surface area contributed by atoms with E-state index in [-0.39, 0.29) is 25.1 Å². The topological polar surface area (TPSA) is 111 Å². The van der Waals surface area contributed by atoms with Gasteiger partial charge in [0, 0.05) is 12.8 Å². The number of likely N-dealkylation sites (N-methyl/N-ethyl adjacent to an activating group) is 1. The van der Waals surface area contributed by atoms with E-state index >= 15 is 0 Å². The van der Waals surface area contributed by atoms with E-state index < -0.39 is 20.0 Å². The Morgan fingerprint density at radius 1 is 0.412 bits per heavy atom. The van der Waals surface area contributed by atoms with Gasteiger partial charge in [-0.1, -0.05) is 326 Å². The van der Waals surface area contributed by atoms with Crippen LogP contribution in [0.4, 0.5) is 0 Å². The second-order valence-corrected chi connectivity index (χ2v) is 27.6. The molecule has 9 nitrogen and oxygen atoms in total. The van der Waals surface area contributed by atoms with Crippen molar-refractivity contribution in [1.29, 1.82) is 0 Å². The molecule has 0 aliphatic rings. The smallest absolute Gasteiger partial charge is 0.456 e. The van der Waals surface area contributed by atoms with Crippen molar-refractivity contribution >= 4 is 19.7 Å². The number of hydrogen-bond acceptors (Lipinski definition) is 6. The molecule has 0 aliphatic heterocycles. The first-order valence-electron chi connectivity index (χ1n) is 36.6. The third kappa shape index (κ3) is 66.0. The maximum absolute atomic E-state index is 13.6. The number of unbranched alkanes of at least 4 members (excludes halogenated alkanes) is 43. The number of nitrogens with one attached hydrogen (secondary N) is 1. The summed E-state index contributed by atoms with van der Waals surface area (Å²) in [7, 11) is 1.50. The molecule has 0 saturated carbocycles. The second kappa shape index (κ2) is 64.7. The van der Waals surface area contributed by atoms with E-state index in [0.29, 0.717) is 23.9 Å². The van der Waals surface area contributed by atoms with E-state index in [4.69, 9.17) is 13.8 Å². The van der Waals surface area contributed by atoms with Gasteiger partial charge in [-0.3, -0.25) is 18.6 Å². The summed E-state index contributed by atoms with van der Waals surface area (Å²) in [6.45, 7) is 7.03. The van der Waals surface area contributed by atoms with Gasteiger partial charge in [-0.05, 0) is 76.7 Å². The van der Waals surface area contributed by atoms with E-state index in [0.717, 1.165) is 89.9 Å². The number of phosphoric acid groups is 1. The van der Waals surface area contributed by atoms with Crippen molar-refractivity contribution in [3.8, 4) is 0 Å². The van der Waals surface area contributed by atoms with Gasteiger partial charge < -0.3 is 19.4 Å². The van der Waals surface area contributed by atoms with E-state index in [9.17, 15) is 19.0 Å². The van der Waals surface area contributed by atoms with Crippen molar-refractivity contribution in [2.45, 2.75) is 367 Å². The van der Waals surface area contributed by atoms with Gasteiger partial charge in [-0.25, -0.2) is 4.57 Å². The number of rotatable bonds is 67. The summed E-state index contributed by atoms with van der Waals surface area (Å²) < 4.78 is 30.9. The third-order valence-electron chi connectivity index (χ3n) is 16.5. The molecule has 0 saturated heterocycles. The molecule has 0 spiro atoms. The van der Waals surface area contributed by atoms with Crippen LogP contribution < -0.4 is 5.32 Å². The zero-order chi connectivity index (χ0) is 62.1. The van der Waals surface area contributed by atoms with Gasteiger partial charge in [-0.2, -0.15) is 0 Å². The van der Waals surface area contributed by atoms with Crippen LogP contribution in [0.15, 0.2) is 60.8 Å². The molecule has 0 fully saturated rings. The molecule has 3 unspecified atom stereocenters. The Kier molecular flexibility index (Phi) is 62.9. The first-order chi connectivity index (χ1) is 41.4. The fourth-order valence-corrected chi connectivity index (χ4v) is 11.5. The normalized spacial score (nSPS) is 13.8. The molecular formula is C75H142N2O7P+. The van der Waals surface area contributed by atoms with Crippen molar-refractivity contribution in [2.24, 2.45) is 0 Å². The fourth-order valence-electron chi connectivity index (χ4n) is 10.8. The lowest BCUT2D eigenvalue weighted by Gasteiger charge is -2.27. The lowest BCUT2D eigenvalue weighted by molar-refractivity contribution is -0.870. The zero-order valence-electron chi connectivity index (χ0n) is 57.1. The summed E-state index contributed by atoms with van der Waals surface area (Å²) in [5, 5.41) is 3.08. The van der Waals surface area contributed by atoms with Crippen LogP contribution in [0.25, 0.3) is 0 Å². The number of ether oxygens (including phenoxy) is 1. The number of hydrogen-bond donors (Lipinski definition) is 2. The number of phosphoric ester groups is 1. The molecule has 498 valence electrons. The van der Waals surface area contributed by atoms with Crippen LogP contribution in [0.1, 0.15) is 355 Å². The highest BCUT2D eigenvalue weighted by Gasteiger charge is 2.30. The molecular weight excluding hydrogens is 1070 g/mol. The molecule has 3 atom stereocenters. The summed E-state index contributed by atoms with van der Waals surface area (Å²) in [6, 6.07) is -0.852. The van der Waals surface area contributed by atoms with Gasteiger partial charge in [0.05, 0.1) is 33.8 Å². The highest BCUT2D eigenvalue weighted by Crippen LogP contribution is 2.43. The quantitative estimate of drug-likeness (QED) is 0.0205. The van der Waals surface area contributed by atoms with Gasteiger partial charge in [0.15, 0.2) is 0 Å². The minimum atomic E-state index is -4.46. The maximum Gasteiger partial charge on any atom is 0.472 e. The Hall–Kier alpha value is -2.29. The fraction of sp³-hybridized carbons (Fsp3) is 0.840. The van der Waals surface area contributed by atoms with Gasteiger partial charge >= 0.3 is 13.8 Å². The van der Waals surface area contributed by atoms with Crippen LogP contribution in [-0.4, -0.2) is 74.3 Å². The van der Waals surface area contributed by atoms with E-state index in [1.807, 2.05) is 33.3 Å². The highest BCUT2D eigenvalue weighted by molar-refractivity contribution is 7.47. The molecule has 0 aromatic heterocycles. The predicted octanol–water partition coefficient (Wildman–Crippen LogP) is 23.3. The molecule has 10 heteroatoms. The van der Waals surface area contributed by atoms with E-state index in [1.54, 1.807) is 0 Å². The van der Waals surface area contributed by atoms with Crippen LogP contribution >= 0.6 is 7.82 Å². The number of amides is 1. The van der Waals surface area contributed by atoms with Crippen molar-refractivity contribution < 1.29 is 37.3 Å². The van der Waals surface area contributed by atoms with Crippen LogP contribution in [0.5, 0.6) is 0 Å². The van der Waals surface area contributed by atoms with Crippen molar-refractivity contribution in [3.63, 3.8) is 0 Å². The Bertz CT molecular complexity index is 1640. The average molecular weight is 1210 g/mol. The third-order valence-corrected chi connectivity index (χ3v) is 17.4. The monoisotopic (exact) mass is 1210 g/mol. The SMILES string of the molecule is CCCCC/C=C\C/C=C\C/C=C\C/C=C\CCCCCCCCCCCC(=O)NC(COP(=O)(O)OCC[N+](C)(C)C)C(/C=C/CCCCCCCCCCCCC)OC(=O)CCCCCCCCCCCCCCCCCCCCCCC. The standard InChI is InChI=1S/C75H141N2O7P/c1-7-10-13-16-19-22-25-28-30-32-34-36-37-38-39-41-42-44-46-49-52-55-58-61-64-67-74(78)76-72(71-83-85(80,81)82-70-69-77(4,5)6)73(66-63-60-57-54-51-48-27-24-21-18-15-12-9-3)84-75(79)68-65-62-59-56-53-50-47-45-43-40-35-33-31-29-26-23-20-17-14-11-8-2/h19,22,28,30,34,36,38-39,63,66,72-73H,7-18,20-21,23-27,29,31-33,35,37,40-62,64-65,67-71H2,1-6H3,(H-,76,78,80,81)/p+1/b22-19-,30-28-,36-34-,39-38-,66-63+. The molecule has 0 heterocycles. The number of carbonyl (C=O) groups excluding carboxylic acids is 2. The Labute approximate surface area is 528 Å². The molecule has 0 radical (unpaired) electrons. The average Bonchev–Trinajstić information content (AvgIpc) is 3.64. The highest BCUT2D eigenvalue weighted by atomic mass is 31.2. The Morgan fingerprint density at radius 3 is 1.09 bits per heavy atom. The largest absolute Gasteiger partial charge is 0.472 e. The van der Waals surface area contributed by atoms with Crippen LogP contribution in [0.2, 0.25) is 0 Å². The maximum atomic E-state index is 13.6. The zero-order valence-corrected chi connectivity index (χ0v) is 58.0. The van der Waals surface area contributed by atoms with Crippen molar-refractivity contribution in [3.05, 3.63) is 60.8 Å². The lowest BCUT2D eigenvalue weighted by atomic mass is 10.0. The van der Waals surface area contributed by atoms with E-state index in [2.05, 4.69) is 74.7 Å². The first kappa shape index (κ1) is 82.7. The number of esters is 1. The van der Waals surface area contributed by atoms with Gasteiger partial charge in [0.2, 0.25) is 5.91 Å². The number of nitrogens with zero attached hydrogens (tertiary/aromatic N) is 1. The van der Waals surface area contributed by atoms with Crippen molar-refractivity contribution in [1.82, 2.24) is 5.32 Å². The Morgan fingerprint density at radius 2 is 0.718 bits per heavy atom. The molecule has 2 N–H and O–H groups in total. The molecule has 85 heavy (non-hydrogen) atoms. The summed E-state index contributed by atoms with van der Waals surface area (Å²) in [5.74, 6) is -0.495. The molecule has 1 amide bonds. The van der Waals surface area contributed by atoms with Crippen LogP contribution in [-0.2, 0) is 27.9 Å². The number of carbonyl (C=O) groups is 2. The molecule has 0 rings (SSSR count). The van der Waals surface area contributed by atoms with Gasteiger partial charge in [0.1, 0.15) is 19.3 Å². The summed E-state index contributed by atoms with van der Waals surface area (Å²) in [6.07, 6.45) is 83.7. The van der Waals surface area contributed by atoms with Gasteiger partial charge in [-0.15, -0.1) is 0 Å². The summed E-state index contributed by atoms with van der Waals surface area (Å²) in [4.78, 5) is 38.0. The van der Waals surface area contributed by atoms with Crippen molar-refractivity contribution in [2.75, 3.05) is 40.9 Å². The summed E-state index contributed by atoms with van der Waals surface area (Å²) in [5.41, 5.74) is 0. The Balaban J connectivity index is 5.08. The number of allylic oxidation sites excluding steroid dienone is 9. The lowest BCUT2D eigenvalue weighted by Crippen LogP contribution is -2.47. The van der Waals surface area contributed by atoms with E-state index in [1.165, 1.54) is 231 Å². The second-order valence-electron chi connectivity index (χ2n) is 26.1. The molecule has 0 aromatic rings. The summed E-state index contributed by atoms with van der Waals surface area (Å²) >= 11 is 0. The van der Waals surface area contributed by atoms with Gasteiger partial charge in [0.25, 0.3) is 0 Å². The first-order valence-corrected chi connectivity index (χ1v) is 38.1. The predicted molar refractivity (Wildman–Crippen MR) is 369 cm³/mol. The molecule has 0 aliphatic carbocycles. The minimum Gasteiger partial charge on any atom is -0.456 e.